The molecule has 2 rings (SSSR count). The molecule has 17 heavy (non-hydrogen) atoms. The second-order valence-corrected chi connectivity index (χ2v) is 4.13. The molecule has 0 radical (unpaired) electrons. The minimum absolute atomic E-state index is 0.134. The molecule has 1 aliphatic heterocycles. The number of alkyl halides is 3. The summed E-state index contributed by atoms with van der Waals surface area (Å²) >= 11 is 0. The van der Waals surface area contributed by atoms with E-state index in [1.54, 1.807) is 0 Å². The van der Waals surface area contributed by atoms with Crippen LogP contribution in [0.5, 0.6) is 0 Å². The third-order valence-electron chi connectivity index (χ3n) is 2.79. The Labute approximate surface area is 95.0 Å². The fourth-order valence-corrected chi connectivity index (χ4v) is 2.05. The first-order chi connectivity index (χ1) is 7.97. The number of piperidine rings is 1. The van der Waals surface area contributed by atoms with E-state index >= 15 is 0 Å². The van der Waals surface area contributed by atoms with Gasteiger partial charge in [-0.05, 0) is 19.4 Å². The highest BCUT2D eigenvalue weighted by Crippen LogP contribution is 2.23. The summed E-state index contributed by atoms with van der Waals surface area (Å²) in [5.41, 5.74) is -0.803. The lowest BCUT2D eigenvalue weighted by Crippen LogP contribution is -2.33. The van der Waals surface area contributed by atoms with Gasteiger partial charge in [-0.25, -0.2) is 9.89 Å². The van der Waals surface area contributed by atoms with Crippen molar-refractivity contribution >= 4 is 0 Å². The van der Waals surface area contributed by atoms with Crippen LogP contribution in [0.1, 0.15) is 24.6 Å². The van der Waals surface area contributed by atoms with E-state index in [0.717, 1.165) is 19.4 Å². The summed E-state index contributed by atoms with van der Waals surface area (Å²) in [7, 11) is 0. The molecule has 0 saturated carbocycles. The van der Waals surface area contributed by atoms with Crippen molar-refractivity contribution in [2.75, 3.05) is 13.1 Å². The van der Waals surface area contributed by atoms with Crippen LogP contribution < -0.4 is 11.0 Å². The number of aromatic nitrogens is 3. The van der Waals surface area contributed by atoms with Gasteiger partial charge in [-0.3, -0.25) is 4.57 Å². The van der Waals surface area contributed by atoms with Crippen molar-refractivity contribution in [3.05, 3.63) is 16.3 Å². The molecule has 1 saturated heterocycles. The molecule has 5 nitrogen and oxygen atoms in total. The van der Waals surface area contributed by atoms with Gasteiger partial charge >= 0.3 is 11.9 Å². The summed E-state index contributed by atoms with van der Waals surface area (Å²) < 4.78 is 37.7. The Bertz CT molecular complexity index is 430. The van der Waals surface area contributed by atoms with Crippen molar-refractivity contribution in [2.45, 2.75) is 31.5 Å². The zero-order chi connectivity index (χ0) is 12.5. The van der Waals surface area contributed by atoms with Gasteiger partial charge in [-0.1, -0.05) is 0 Å². The fourth-order valence-electron chi connectivity index (χ4n) is 2.05. The topological polar surface area (TPSA) is 62.7 Å². The summed E-state index contributed by atoms with van der Waals surface area (Å²) in [5, 5.41) is 8.88. The molecule has 0 aliphatic carbocycles. The minimum atomic E-state index is -4.41. The van der Waals surface area contributed by atoms with Gasteiger partial charge in [0.1, 0.15) is 12.4 Å². The molecule has 96 valence electrons. The largest absolute Gasteiger partial charge is 0.406 e. The smallest absolute Gasteiger partial charge is 0.316 e. The molecular formula is C9H13F3N4O. The Morgan fingerprint density at radius 1 is 1.47 bits per heavy atom. The Hall–Kier alpha value is -1.31. The van der Waals surface area contributed by atoms with E-state index in [0.29, 0.717) is 11.1 Å². The zero-order valence-corrected chi connectivity index (χ0v) is 9.05. The number of nitrogens with one attached hydrogen (secondary N) is 2. The Kier molecular flexibility index (Phi) is 3.23. The number of hydrogen-bond acceptors (Lipinski definition) is 3. The van der Waals surface area contributed by atoms with Crippen LogP contribution in [0, 0.1) is 0 Å². The van der Waals surface area contributed by atoms with Crippen molar-refractivity contribution in [1.82, 2.24) is 20.1 Å². The summed E-state index contributed by atoms with van der Waals surface area (Å²) in [6.45, 7) is 0.126. The second-order valence-electron chi connectivity index (χ2n) is 4.13. The summed E-state index contributed by atoms with van der Waals surface area (Å²) in [6.07, 6.45) is -2.79. The number of rotatable bonds is 2. The van der Waals surface area contributed by atoms with E-state index in [-0.39, 0.29) is 11.7 Å². The van der Waals surface area contributed by atoms with E-state index in [2.05, 4.69) is 15.5 Å². The molecule has 0 amide bonds. The van der Waals surface area contributed by atoms with E-state index in [1.807, 2.05) is 0 Å². The molecule has 1 fully saturated rings. The molecule has 0 aromatic carbocycles. The van der Waals surface area contributed by atoms with Crippen LogP contribution in [-0.4, -0.2) is 34.0 Å². The van der Waals surface area contributed by atoms with Gasteiger partial charge in [-0.2, -0.15) is 18.3 Å². The maximum absolute atomic E-state index is 12.3. The van der Waals surface area contributed by atoms with Crippen LogP contribution in [0.3, 0.4) is 0 Å². The molecule has 2 heterocycles. The molecule has 0 spiro atoms. The SMILES string of the molecule is O=c1[nH]nc(C2CCCNC2)n1CC(F)(F)F. The predicted octanol–water partition coefficient (Wildman–Crippen LogP) is 0.601. The van der Waals surface area contributed by atoms with Gasteiger partial charge in [0.25, 0.3) is 0 Å². The second kappa shape index (κ2) is 4.52. The third kappa shape index (κ3) is 2.87. The molecule has 0 bridgehead atoms. The molecule has 1 atom stereocenters. The molecular weight excluding hydrogens is 237 g/mol. The normalized spacial score (nSPS) is 21.7. The predicted molar refractivity (Wildman–Crippen MR) is 53.7 cm³/mol. The lowest BCUT2D eigenvalue weighted by Gasteiger charge is -2.22. The number of nitrogens with zero attached hydrogens (tertiary/aromatic N) is 2. The molecule has 1 unspecified atom stereocenters. The van der Waals surface area contributed by atoms with Gasteiger partial charge in [0, 0.05) is 12.5 Å². The first-order valence-electron chi connectivity index (χ1n) is 5.40. The van der Waals surface area contributed by atoms with E-state index in [9.17, 15) is 18.0 Å². The Balaban J connectivity index is 2.25. The van der Waals surface area contributed by atoms with Crippen molar-refractivity contribution in [3.8, 4) is 0 Å². The Morgan fingerprint density at radius 3 is 2.82 bits per heavy atom. The van der Waals surface area contributed by atoms with Crippen LogP contribution in [-0.2, 0) is 6.54 Å². The van der Waals surface area contributed by atoms with Crippen LogP contribution in [0.15, 0.2) is 4.79 Å². The van der Waals surface area contributed by atoms with Gasteiger partial charge in [0.2, 0.25) is 0 Å². The minimum Gasteiger partial charge on any atom is -0.316 e. The lowest BCUT2D eigenvalue weighted by atomic mass is 9.99. The highest BCUT2D eigenvalue weighted by molar-refractivity contribution is 4.99. The number of halogens is 3. The molecule has 1 aromatic heterocycles. The quantitative estimate of drug-likeness (QED) is 0.808. The molecule has 2 N–H and O–H groups in total. The maximum atomic E-state index is 12.3. The van der Waals surface area contributed by atoms with E-state index in [4.69, 9.17) is 0 Å². The van der Waals surface area contributed by atoms with Crippen molar-refractivity contribution < 1.29 is 13.2 Å². The zero-order valence-electron chi connectivity index (χ0n) is 9.05. The monoisotopic (exact) mass is 250 g/mol. The van der Waals surface area contributed by atoms with Crippen molar-refractivity contribution in [1.29, 1.82) is 0 Å². The van der Waals surface area contributed by atoms with Crippen molar-refractivity contribution in [3.63, 3.8) is 0 Å². The first-order valence-corrected chi connectivity index (χ1v) is 5.40. The van der Waals surface area contributed by atoms with Crippen LogP contribution in [0.25, 0.3) is 0 Å². The Morgan fingerprint density at radius 2 is 2.24 bits per heavy atom. The summed E-state index contributed by atoms with van der Waals surface area (Å²) in [4.78, 5) is 11.3. The molecule has 1 aliphatic rings. The number of H-pyrrole nitrogens is 1. The van der Waals surface area contributed by atoms with Gasteiger partial charge in [0.15, 0.2) is 0 Å². The number of aromatic amines is 1. The summed E-state index contributed by atoms with van der Waals surface area (Å²) in [6, 6.07) is 0. The highest BCUT2D eigenvalue weighted by Gasteiger charge is 2.32. The first kappa shape index (κ1) is 12.2. The molecule has 8 heteroatoms. The number of hydrogen-bond donors (Lipinski definition) is 2. The average Bonchev–Trinajstić information content (AvgIpc) is 2.60. The van der Waals surface area contributed by atoms with Crippen molar-refractivity contribution in [2.24, 2.45) is 0 Å². The fraction of sp³-hybridized carbons (Fsp3) is 0.778. The average molecular weight is 250 g/mol. The van der Waals surface area contributed by atoms with E-state index in [1.165, 1.54) is 0 Å². The lowest BCUT2D eigenvalue weighted by molar-refractivity contribution is -0.141. The maximum Gasteiger partial charge on any atom is 0.406 e. The molecule has 1 aromatic rings. The van der Waals surface area contributed by atoms with Crippen LogP contribution in [0.4, 0.5) is 13.2 Å². The van der Waals surface area contributed by atoms with Gasteiger partial charge in [0.05, 0.1) is 0 Å². The van der Waals surface area contributed by atoms with Crippen LogP contribution >= 0.6 is 0 Å². The van der Waals surface area contributed by atoms with E-state index < -0.39 is 18.4 Å². The highest BCUT2D eigenvalue weighted by atomic mass is 19.4. The third-order valence-corrected chi connectivity index (χ3v) is 2.79. The standard InChI is InChI=1S/C9H13F3N4O/c10-9(11,12)5-16-7(14-15-8(16)17)6-2-1-3-13-4-6/h6,13H,1-5H2,(H,15,17). The van der Waals surface area contributed by atoms with Gasteiger partial charge in [-0.15, -0.1) is 0 Å². The summed E-state index contributed by atoms with van der Waals surface area (Å²) in [5.74, 6) is 0.0598. The van der Waals surface area contributed by atoms with Crippen LogP contribution in [0.2, 0.25) is 0 Å². The van der Waals surface area contributed by atoms with Gasteiger partial charge < -0.3 is 5.32 Å².